The van der Waals surface area contributed by atoms with E-state index in [1.165, 1.54) is 7.11 Å². The van der Waals surface area contributed by atoms with Gasteiger partial charge in [0.15, 0.2) is 6.23 Å². The van der Waals surface area contributed by atoms with E-state index >= 15 is 0 Å². The zero-order chi connectivity index (χ0) is 16.2. The molecule has 1 atom stereocenters. The van der Waals surface area contributed by atoms with Crippen LogP contribution in [0.15, 0.2) is 53.9 Å². The first-order valence-corrected chi connectivity index (χ1v) is 7.05. The van der Waals surface area contributed by atoms with Crippen molar-refractivity contribution in [2.24, 2.45) is 5.10 Å². The molecule has 0 spiro atoms. The lowest BCUT2D eigenvalue weighted by Gasteiger charge is -2.26. The highest BCUT2D eigenvalue weighted by Gasteiger charge is 2.18. The minimum atomic E-state index is -0.826. The van der Waals surface area contributed by atoms with Gasteiger partial charge in [0.1, 0.15) is 0 Å². The largest absolute Gasteiger partial charge is 0.465 e. The first-order valence-electron chi connectivity index (χ1n) is 7.05. The molecule has 0 fully saturated rings. The number of carbonyl (C=O) groups excluding carboxylic acids is 1. The van der Waals surface area contributed by atoms with Gasteiger partial charge in [-0.3, -0.25) is 10.1 Å². The fourth-order valence-corrected chi connectivity index (χ4v) is 2.28. The molecular weight excluding hydrogens is 296 g/mol. The fraction of sp³-hybridized carbons (Fsp3) is 0.188. The number of allylic oxidation sites excluding steroid dienone is 1. The molecule has 23 heavy (non-hydrogen) atoms. The molecule has 0 amide bonds. The number of H-pyrrole nitrogens is 1. The summed E-state index contributed by atoms with van der Waals surface area (Å²) in [5.74, 6) is -0.395. The summed E-state index contributed by atoms with van der Waals surface area (Å²) in [7, 11) is 1.34. The number of aromatic amines is 1. The number of carbonyl (C=O) groups is 1. The zero-order valence-corrected chi connectivity index (χ0v) is 12.5. The van der Waals surface area contributed by atoms with Gasteiger partial charge in [-0.15, -0.1) is 0 Å². The maximum Gasteiger partial charge on any atom is 0.337 e. The minimum absolute atomic E-state index is 0.359. The van der Waals surface area contributed by atoms with E-state index < -0.39 is 12.2 Å². The Morgan fingerprint density at radius 3 is 3.09 bits per heavy atom. The fourth-order valence-electron chi connectivity index (χ4n) is 2.28. The number of ether oxygens (including phenoxy) is 1. The summed E-state index contributed by atoms with van der Waals surface area (Å²) in [6, 6.07) is 7.05. The van der Waals surface area contributed by atoms with Crippen LogP contribution in [0.25, 0.3) is 0 Å². The van der Waals surface area contributed by atoms with Crippen molar-refractivity contribution in [3.8, 4) is 0 Å². The molecule has 3 rings (SSSR count). The van der Waals surface area contributed by atoms with Crippen LogP contribution in [0.4, 0.5) is 0 Å². The van der Waals surface area contributed by atoms with Crippen molar-refractivity contribution in [3.63, 3.8) is 0 Å². The molecule has 7 nitrogen and oxygen atoms in total. The summed E-state index contributed by atoms with van der Waals surface area (Å²) in [5.41, 5.74) is 2.85. The summed E-state index contributed by atoms with van der Waals surface area (Å²) in [5, 5.41) is 22.7. The third kappa shape index (κ3) is 3.29. The Hall–Kier alpha value is -2.93. The molecule has 1 aliphatic rings. The van der Waals surface area contributed by atoms with E-state index in [9.17, 15) is 9.90 Å². The van der Waals surface area contributed by atoms with E-state index in [-0.39, 0.29) is 0 Å². The van der Waals surface area contributed by atoms with Gasteiger partial charge in [-0.05, 0) is 29.8 Å². The van der Waals surface area contributed by atoms with Crippen LogP contribution in [-0.2, 0) is 11.3 Å². The van der Waals surface area contributed by atoms with Crippen LogP contribution < -0.4 is 0 Å². The van der Waals surface area contributed by atoms with E-state index in [0.29, 0.717) is 17.8 Å². The van der Waals surface area contributed by atoms with Gasteiger partial charge in [0, 0.05) is 11.8 Å². The summed E-state index contributed by atoms with van der Waals surface area (Å²) in [4.78, 5) is 11.6. The maximum absolute atomic E-state index is 11.6. The van der Waals surface area contributed by atoms with Crippen molar-refractivity contribution in [1.29, 1.82) is 0 Å². The Balaban J connectivity index is 1.81. The molecule has 1 aromatic heterocycles. The Kier molecular flexibility index (Phi) is 4.20. The molecule has 0 radical (unpaired) electrons. The summed E-state index contributed by atoms with van der Waals surface area (Å²) in [6.07, 6.45) is 5.97. The highest BCUT2D eigenvalue weighted by atomic mass is 16.5. The number of hydrazone groups is 1. The topological polar surface area (TPSA) is 90.8 Å². The molecule has 1 unspecified atom stereocenters. The quantitative estimate of drug-likeness (QED) is 0.830. The Morgan fingerprint density at radius 1 is 1.48 bits per heavy atom. The molecule has 0 saturated heterocycles. The molecule has 1 aliphatic heterocycles. The van der Waals surface area contributed by atoms with Gasteiger partial charge < -0.3 is 9.84 Å². The van der Waals surface area contributed by atoms with Crippen molar-refractivity contribution in [1.82, 2.24) is 15.2 Å². The standard InChI is InChI=1S/C16H16N4O3/c1-23-16(22)12-4-2-3-11(7-12)10-20-15(21)6-5-14(19-20)13-8-17-18-9-13/h2-9,15,21H,10H2,1H3,(H,17,18). The second-order valence-electron chi connectivity index (χ2n) is 5.03. The number of aromatic nitrogens is 2. The van der Waals surface area contributed by atoms with E-state index in [1.54, 1.807) is 47.8 Å². The number of nitrogens with one attached hydrogen (secondary N) is 1. The molecule has 2 heterocycles. The number of nitrogens with zero attached hydrogens (tertiary/aromatic N) is 3. The first kappa shape index (κ1) is 15.0. The average Bonchev–Trinajstić information content (AvgIpc) is 3.11. The average molecular weight is 312 g/mol. The smallest absolute Gasteiger partial charge is 0.337 e. The van der Waals surface area contributed by atoms with Gasteiger partial charge in [0.25, 0.3) is 0 Å². The number of hydrogen-bond donors (Lipinski definition) is 2. The zero-order valence-electron chi connectivity index (χ0n) is 12.5. The van der Waals surface area contributed by atoms with Crippen LogP contribution in [0.5, 0.6) is 0 Å². The number of benzene rings is 1. The van der Waals surface area contributed by atoms with Crippen LogP contribution in [-0.4, -0.2) is 45.3 Å². The third-order valence-corrected chi connectivity index (χ3v) is 3.45. The van der Waals surface area contributed by atoms with Crippen molar-refractivity contribution in [3.05, 3.63) is 65.5 Å². The summed E-state index contributed by atoms with van der Waals surface area (Å²) < 4.78 is 4.72. The normalized spacial score (nSPS) is 17.0. The van der Waals surface area contributed by atoms with Crippen molar-refractivity contribution in [2.75, 3.05) is 7.11 Å². The minimum Gasteiger partial charge on any atom is -0.465 e. The second kappa shape index (κ2) is 6.45. The lowest BCUT2D eigenvalue weighted by molar-refractivity contribution is 0.0357. The van der Waals surface area contributed by atoms with E-state index in [4.69, 9.17) is 4.74 Å². The van der Waals surface area contributed by atoms with Crippen LogP contribution in [0.1, 0.15) is 21.5 Å². The number of rotatable bonds is 4. The summed E-state index contributed by atoms with van der Waals surface area (Å²) >= 11 is 0. The molecule has 0 saturated carbocycles. The van der Waals surface area contributed by atoms with Gasteiger partial charge in [-0.2, -0.15) is 10.2 Å². The molecule has 0 aliphatic carbocycles. The van der Waals surface area contributed by atoms with E-state index in [2.05, 4.69) is 15.3 Å². The lowest BCUT2D eigenvalue weighted by Crippen LogP contribution is -2.32. The third-order valence-electron chi connectivity index (χ3n) is 3.45. The first-order chi connectivity index (χ1) is 11.2. The maximum atomic E-state index is 11.6. The van der Waals surface area contributed by atoms with Gasteiger partial charge >= 0.3 is 5.97 Å². The highest BCUT2D eigenvalue weighted by molar-refractivity contribution is 6.08. The van der Waals surface area contributed by atoms with Gasteiger partial charge in [-0.25, -0.2) is 4.79 Å². The molecule has 2 aromatic rings. The van der Waals surface area contributed by atoms with Crippen molar-refractivity contribution >= 4 is 11.7 Å². The predicted molar refractivity (Wildman–Crippen MR) is 83.6 cm³/mol. The number of hydrogen-bond acceptors (Lipinski definition) is 6. The van der Waals surface area contributed by atoms with E-state index in [1.807, 2.05) is 6.07 Å². The second-order valence-corrected chi connectivity index (χ2v) is 5.03. The number of aliphatic hydroxyl groups excluding tert-OH is 1. The van der Waals surface area contributed by atoms with Crippen LogP contribution in [0.2, 0.25) is 0 Å². The lowest BCUT2D eigenvalue weighted by atomic mass is 10.1. The Morgan fingerprint density at radius 2 is 2.35 bits per heavy atom. The monoisotopic (exact) mass is 312 g/mol. The molecule has 7 heteroatoms. The SMILES string of the molecule is COC(=O)c1cccc(CN2N=C(c3cn[nH]c3)C=CC2O)c1. The van der Waals surface area contributed by atoms with Gasteiger partial charge in [0.2, 0.25) is 0 Å². The highest BCUT2D eigenvalue weighted by Crippen LogP contribution is 2.16. The molecule has 0 bridgehead atoms. The molecule has 1 aromatic carbocycles. The molecule has 2 N–H and O–H groups in total. The van der Waals surface area contributed by atoms with Crippen LogP contribution >= 0.6 is 0 Å². The van der Waals surface area contributed by atoms with E-state index in [0.717, 1.165) is 11.1 Å². The van der Waals surface area contributed by atoms with Crippen molar-refractivity contribution in [2.45, 2.75) is 12.8 Å². The van der Waals surface area contributed by atoms with Gasteiger partial charge in [-0.1, -0.05) is 12.1 Å². The van der Waals surface area contributed by atoms with Gasteiger partial charge in [0.05, 0.1) is 31.1 Å². The Labute approximate surface area is 132 Å². The van der Waals surface area contributed by atoms with Crippen LogP contribution in [0.3, 0.4) is 0 Å². The predicted octanol–water partition coefficient (Wildman–Crippen LogP) is 1.29. The van der Waals surface area contributed by atoms with Crippen LogP contribution in [0, 0.1) is 0 Å². The number of aliphatic hydroxyl groups is 1. The summed E-state index contributed by atoms with van der Waals surface area (Å²) in [6.45, 7) is 0.359. The molecular formula is C16H16N4O3. The molecule has 118 valence electrons. The number of methoxy groups -OCH3 is 1. The van der Waals surface area contributed by atoms with Crippen molar-refractivity contribution < 1.29 is 14.6 Å². The Bertz CT molecular complexity index is 752. The number of esters is 1.